The van der Waals surface area contributed by atoms with Crippen LogP contribution in [0.25, 0.3) is 0 Å². The van der Waals surface area contributed by atoms with Crippen molar-refractivity contribution in [2.24, 2.45) is 0 Å². The molecule has 7 nitrogen and oxygen atoms in total. The molecule has 7 heteroatoms. The summed E-state index contributed by atoms with van der Waals surface area (Å²) in [5, 5.41) is 13.9. The molecule has 0 spiro atoms. The number of ether oxygens (including phenoxy) is 4. The Hall–Kier alpha value is -1.51. The van der Waals surface area contributed by atoms with Gasteiger partial charge in [-0.05, 0) is 6.42 Å². The van der Waals surface area contributed by atoms with Crippen LogP contribution in [0.4, 0.5) is 0 Å². The first-order chi connectivity index (χ1) is 18.6. The summed E-state index contributed by atoms with van der Waals surface area (Å²) in [6.07, 6.45) is 14.9. The normalized spacial score (nSPS) is 27.1. The number of aliphatic hydroxyl groups is 1. The Morgan fingerprint density at radius 1 is 0.895 bits per heavy atom. The second-order valence-corrected chi connectivity index (χ2v) is 10.9. The summed E-state index contributed by atoms with van der Waals surface area (Å²) < 4.78 is 24.1. The number of amides is 1. The van der Waals surface area contributed by atoms with Crippen LogP contribution in [0.1, 0.15) is 116 Å². The molecule has 0 aromatic heterocycles. The summed E-state index contributed by atoms with van der Waals surface area (Å²) in [4.78, 5) is 11.9. The van der Waals surface area contributed by atoms with E-state index >= 15 is 0 Å². The molecule has 38 heavy (non-hydrogen) atoms. The van der Waals surface area contributed by atoms with Gasteiger partial charge in [-0.1, -0.05) is 121 Å². The van der Waals surface area contributed by atoms with Gasteiger partial charge in [-0.25, -0.2) is 0 Å². The summed E-state index contributed by atoms with van der Waals surface area (Å²) in [6.45, 7) is 4.51. The van der Waals surface area contributed by atoms with Crippen molar-refractivity contribution in [1.82, 2.24) is 5.32 Å². The monoisotopic (exact) mass is 533 g/mol. The van der Waals surface area contributed by atoms with Gasteiger partial charge in [-0.15, -0.1) is 0 Å². The minimum Gasteiger partial charge on any atom is -0.388 e. The van der Waals surface area contributed by atoms with Gasteiger partial charge in [-0.3, -0.25) is 4.79 Å². The van der Waals surface area contributed by atoms with Crippen LogP contribution in [-0.2, 0) is 23.7 Å². The first-order valence-corrected chi connectivity index (χ1v) is 15.1. The lowest BCUT2D eigenvalue weighted by atomic mass is 9.95. The van der Waals surface area contributed by atoms with E-state index in [2.05, 4.69) is 12.2 Å². The molecule has 2 N–H and O–H groups in total. The first kappa shape index (κ1) is 31.0. The summed E-state index contributed by atoms with van der Waals surface area (Å²) >= 11 is 0. The van der Waals surface area contributed by atoms with Crippen molar-refractivity contribution in [2.75, 3.05) is 13.2 Å². The molecule has 2 aliphatic rings. The highest BCUT2D eigenvalue weighted by Crippen LogP contribution is 2.34. The van der Waals surface area contributed by atoms with Crippen molar-refractivity contribution in [2.45, 2.75) is 141 Å². The minimum absolute atomic E-state index is 0.243. The topological polar surface area (TPSA) is 86.2 Å². The molecule has 3 rings (SSSR count). The second kappa shape index (κ2) is 18.0. The lowest BCUT2D eigenvalue weighted by Gasteiger charge is -2.47. The Balaban J connectivity index is 1.30. The molecule has 2 heterocycles. The third-order valence-corrected chi connectivity index (χ3v) is 7.59. The zero-order chi connectivity index (χ0) is 27.0. The van der Waals surface area contributed by atoms with Crippen molar-refractivity contribution < 1.29 is 28.8 Å². The molecule has 1 amide bonds. The van der Waals surface area contributed by atoms with E-state index in [1.165, 1.54) is 84.0 Å². The lowest BCUT2D eigenvalue weighted by molar-refractivity contribution is -0.344. The molecule has 1 aromatic carbocycles. The number of hydrogen-bond acceptors (Lipinski definition) is 6. The molecule has 0 aliphatic carbocycles. The molecule has 2 saturated heterocycles. The zero-order valence-corrected chi connectivity index (χ0v) is 23.7. The van der Waals surface area contributed by atoms with Gasteiger partial charge in [-0.2, -0.15) is 0 Å². The Bertz CT molecular complexity index is 762. The molecule has 2 aliphatic heterocycles. The van der Waals surface area contributed by atoms with Gasteiger partial charge < -0.3 is 29.4 Å². The van der Waals surface area contributed by atoms with Crippen LogP contribution < -0.4 is 5.32 Å². The van der Waals surface area contributed by atoms with Gasteiger partial charge in [0.2, 0.25) is 5.91 Å². The van der Waals surface area contributed by atoms with E-state index in [0.717, 1.165) is 18.4 Å². The van der Waals surface area contributed by atoms with Crippen LogP contribution in [0, 0.1) is 0 Å². The van der Waals surface area contributed by atoms with Crippen molar-refractivity contribution in [3.05, 3.63) is 35.9 Å². The van der Waals surface area contributed by atoms with Crippen molar-refractivity contribution >= 4 is 5.91 Å². The predicted octanol–water partition coefficient (Wildman–Crippen LogP) is 6.19. The second-order valence-electron chi connectivity index (χ2n) is 10.9. The number of carbonyl (C=O) groups excluding carboxylic acids is 1. The minimum atomic E-state index is -0.964. The highest BCUT2D eigenvalue weighted by atomic mass is 16.7. The van der Waals surface area contributed by atoms with Gasteiger partial charge in [0.1, 0.15) is 24.4 Å². The number of benzene rings is 1. The predicted molar refractivity (Wildman–Crippen MR) is 149 cm³/mol. The highest BCUT2D eigenvalue weighted by Gasteiger charge is 2.50. The molecule has 2 fully saturated rings. The molecule has 6 atom stereocenters. The Morgan fingerprint density at radius 3 is 2.05 bits per heavy atom. The van der Waals surface area contributed by atoms with Crippen LogP contribution in [0.5, 0.6) is 0 Å². The number of nitrogens with one attached hydrogen (secondary N) is 1. The molecular formula is C31H51NO6. The quantitative estimate of drug-likeness (QED) is 0.219. The van der Waals surface area contributed by atoms with Crippen LogP contribution in [0.15, 0.2) is 30.3 Å². The van der Waals surface area contributed by atoms with E-state index in [0.29, 0.717) is 6.61 Å². The van der Waals surface area contributed by atoms with Crippen molar-refractivity contribution in [3.63, 3.8) is 0 Å². The Morgan fingerprint density at radius 2 is 1.47 bits per heavy atom. The maximum Gasteiger partial charge on any atom is 0.217 e. The summed E-state index contributed by atoms with van der Waals surface area (Å²) in [7, 11) is 0. The molecule has 0 bridgehead atoms. The number of hydrogen-bond donors (Lipinski definition) is 2. The molecule has 0 radical (unpaired) electrons. The van der Waals surface area contributed by atoms with E-state index in [9.17, 15) is 9.90 Å². The maximum atomic E-state index is 11.9. The molecule has 0 unspecified atom stereocenters. The Labute approximate surface area is 230 Å². The fraction of sp³-hybridized carbons (Fsp3) is 0.774. The van der Waals surface area contributed by atoms with Gasteiger partial charge >= 0.3 is 0 Å². The van der Waals surface area contributed by atoms with Crippen LogP contribution >= 0.6 is 0 Å². The fourth-order valence-electron chi connectivity index (χ4n) is 5.40. The first-order valence-electron chi connectivity index (χ1n) is 15.1. The summed E-state index contributed by atoms with van der Waals surface area (Å²) in [5.41, 5.74) is 0.880. The third-order valence-electron chi connectivity index (χ3n) is 7.59. The van der Waals surface area contributed by atoms with E-state index in [4.69, 9.17) is 18.9 Å². The van der Waals surface area contributed by atoms with Gasteiger partial charge in [0.25, 0.3) is 0 Å². The van der Waals surface area contributed by atoms with Crippen LogP contribution in [0.2, 0.25) is 0 Å². The van der Waals surface area contributed by atoms with Crippen molar-refractivity contribution in [3.8, 4) is 0 Å². The van der Waals surface area contributed by atoms with Crippen LogP contribution in [-0.4, -0.2) is 54.9 Å². The molecule has 0 saturated carbocycles. The summed E-state index contributed by atoms with van der Waals surface area (Å²) in [5.74, 6) is -0.243. The number of unbranched alkanes of at least 4 members (excludes halogenated alkanes) is 13. The number of carbonyl (C=O) groups is 1. The molecule has 216 valence electrons. The largest absolute Gasteiger partial charge is 0.388 e. The SMILES string of the molecule is CCCCCCCCCCCCCCCCO[C@@H]1O[C@H]2CO[C@H](c3ccccc3)O[C@H]2[C@@H](O)[C@@H]1NC(C)=O. The fourth-order valence-corrected chi connectivity index (χ4v) is 5.40. The van der Waals surface area contributed by atoms with E-state index < -0.39 is 36.9 Å². The van der Waals surface area contributed by atoms with E-state index in [1.807, 2.05) is 30.3 Å². The highest BCUT2D eigenvalue weighted by molar-refractivity contribution is 5.73. The standard InChI is InChI=1S/C31H51NO6/c1-3-4-5-6-7-8-9-10-11-12-13-14-15-19-22-35-31-27(32-24(2)33)28(34)29-26(37-31)23-36-30(38-29)25-20-17-16-18-21-25/h16-18,20-21,26-31,34H,3-15,19,22-23H2,1-2H3,(H,32,33)/t26-,27-,28-,29+,30-,31+/m0/s1. The average Bonchev–Trinajstić information content (AvgIpc) is 2.93. The lowest BCUT2D eigenvalue weighted by Crippen LogP contribution is -2.66. The molecular weight excluding hydrogens is 482 g/mol. The Kier molecular flexibility index (Phi) is 14.7. The van der Waals surface area contributed by atoms with Gasteiger partial charge in [0, 0.05) is 19.1 Å². The third kappa shape index (κ3) is 10.6. The van der Waals surface area contributed by atoms with Gasteiger partial charge in [0.05, 0.1) is 6.61 Å². The van der Waals surface area contributed by atoms with E-state index in [1.54, 1.807) is 0 Å². The molecule has 1 aromatic rings. The zero-order valence-electron chi connectivity index (χ0n) is 23.7. The smallest absolute Gasteiger partial charge is 0.217 e. The van der Waals surface area contributed by atoms with E-state index in [-0.39, 0.29) is 12.5 Å². The summed E-state index contributed by atoms with van der Waals surface area (Å²) in [6, 6.07) is 8.92. The average molecular weight is 534 g/mol. The number of fused-ring (bicyclic) bond motifs is 1. The van der Waals surface area contributed by atoms with Crippen LogP contribution in [0.3, 0.4) is 0 Å². The maximum absolute atomic E-state index is 11.9. The number of aliphatic hydroxyl groups excluding tert-OH is 1. The van der Waals surface area contributed by atoms with Gasteiger partial charge in [0.15, 0.2) is 12.6 Å². The van der Waals surface area contributed by atoms with Crippen molar-refractivity contribution in [1.29, 1.82) is 0 Å². The number of rotatable bonds is 18.